The minimum atomic E-state index is -0.527. The quantitative estimate of drug-likeness (QED) is 0.322. The lowest BCUT2D eigenvalue weighted by Gasteiger charge is -2.28. The van der Waals surface area contributed by atoms with Gasteiger partial charge in [-0.05, 0) is 61.3 Å². The molecular formula is C28H33BrN2O4. The van der Waals surface area contributed by atoms with Gasteiger partial charge in [-0.2, -0.15) is 0 Å². The summed E-state index contributed by atoms with van der Waals surface area (Å²) in [6.45, 7) is 12.2. The molecule has 1 amide bonds. The number of halogens is 1. The van der Waals surface area contributed by atoms with Gasteiger partial charge in [-0.15, -0.1) is 0 Å². The van der Waals surface area contributed by atoms with E-state index in [2.05, 4.69) is 48.5 Å². The second-order valence-electron chi connectivity index (χ2n) is 9.35. The second kappa shape index (κ2) is 11.0. The molecule has 2 aromatic carbocycles. The molecule has 0 fully saturated rings. The molecule has 0 radical (unpaired) electrons. The number of carbonyl (C=O) groups excluding carboxylic acids is 1. The average molecular weight is 541 g/mol. The highest BCUT2D eigenvalue weighted by Gasteiger charge is 2.42. The van der Waals surface area contributed by atoms with Crippen LogP contribution in [0.2, 0.25) is 0 Å². The van der Waals surface area contributed by atoms with E-state index in [1.54, 1.807) is 17.0 Å². The van der Waals surface area contributed by atoms with Gasteiger partial charge in [0, 0.05) is 17.6 Å². The molecule has 0 saturated heterocycles. The smallest absolute Gasteiger partial charge is 0.290 e. The van der Waals surface area contributed by atoms with E-state index >= 15 is 0 Å². The Labute approximate surface area is 215 Å². The molecule has 2 heterocycles. The molecule has 0 spiro atoms. The van der Waals surface area contributed by atoms with Crippen LogP contribution in [0.25, 0.3) is 11.0 Å². The Morgan fingerprint density at radius 1 is 1.11 bits per heavy atom. The molecule has 1 atom stereocenters. The van der Waals surface area contributed by atoms with Crippen LogP contribution in [0.3, 0.4) is 0 Å². The van der Waals surface area contributed by atoms with Gasteiger partial charge in [0.05, 0.1) is 23.6 Å². The minimum Gasteiger partial charge on any atom is -0.494 e. The van der Waals surface area contributed by atoms with Gasteiger partial charge in [0.25, 0.3) is 5.91 Å². The van der Waals surface area contributed by atoms with Crippen molar-refractivity contribution in [1.29, 1.82) is 0 Å². The molecule has 0 saturated carbocycles. The third-order valence-corrected chi connectivity index (χ3v) is 7.11. The number of hydrogen-bond acceptors (Lipinski definition) is 5. The fourth-order valence-electron chi connectivity index (χ4n) is 4.55. The summed E-state index contributed by atoms with van der Waals surface area (Å²) >= 11 is 3.45. The Hall–Kier alpha value is -2.64. The van der Waals surface area contributed by atoms with E-state index < -0.39 is 6.04 Å². The summed E-state index contributed by atoms with van der Waals surface area (Å²) in [5.74, 6) is 1.18. The Morgan fingerprint density at radius 3 is 2.60 bits per heavy atom. The molecule has 35 heavy (non-hydrogen) atoms. The summed E-state index contributed by atoms with van der Waals surface area (Å²) in [6, 6.07) is 12.5. The van der Waals surface area contributed by atoms with Gasteiger partial charge in [0.2, 0.25) is 5.76 Å². The van der Waals surface area contributed by atoms with E-state index in [0.717, 1.165) is 35.3 Å². The highest BCUT2D eigenvalue weighted by atomic mass is 79.9. The topological polar surface area (TPSA) is 63.0 Å². The van der Waals surface area contributed by atoms with Crippen LogP contribution in [0.15, 0.2) is 56.1 Å². The van der Waals surface area contributed by atoms with Crippen molar-refractivity contribution in [2.75, 3.05) is 32.8 Å². The molecule has 186 valence electrons. The Bertz CT molecular complexity index is 1270. The standard InChI is InChI=1S/C28H33BrN2O4/c1-5-30(6-2)13-14-31-25(19-8-7-9-21(16-19)34-15-12-18(3)4)24-26(32)22-17-20(29)10-11-23(22)35-27(24)28(31)33/h7-11,16-18,25H,5-6,12-15H2,1-4H3. The van der Waals surface area contributed by atoms with Crippen LogP contribution in [-0.4, -0.2) is 48.5 Å². The number of ether oxygens (including phenoxy) is 1. The van der Waals surface area contributed by atoms with E-state index in [0.29, 0.717) is 42.1 Å². The number of likely N-dealkylation sites (N-methyl/N-ethyl adjacent to an activating group) is 1. The lowest BCUT2D eigenvalue weighted by Crippen LogP contribution is -2.37. The molecule has 7 heteroatoms. The summed E-state index contributed by atoms with van der Waals surface area (Å²) in [4.78, 5) is 31.4. The van der Waals surface area contributed by atoms with Crippen LogP contribution in [0.1, 0.15) is 61.8 Å². The molecule has 0 aliphatic carbocycles. The number of amides is 1. The minimum absolute atomic E-state index is 0.139. The van der Waals surface area contributed by atoms with E-state index in [-0.39, 0.29) is 17.1 Å². The second-order valence-corrected chi connectivity index (χ2v) is 10.3. The van der Waals surface area contributed by atoms with Crippen molar-refractivity contribution in [3.05, 3.63) is 74.0 Å². The maximum absolute atomic E-state index is 13.7. The lowest BCUT2D eigenvalue weighted by molar-refractivity contribution is 0.0708. The van der Waals surface area contributed by atoms with Crippen LogP contribution in [0.5, 0.6) is 5.75 Å². The first-order valence-electron chi connectivity index (χ1n) is 12.4. The van der Waals surface area contributed by atoms with Crippen LogP contribution in [0, 0.1) is 5.92 Å². The molecule has 0 bridgehead atoms. The van der Waals surface area contributed by atoms with E-state index in [4.69, 9.17) is 9.15 Å². The zero-order valence-corrected chi connectivity index (χ0v) is 22.4. The molecule has 3 aromatic rings. The molecule has 4 rings (SSSR count). The molecule has 0 N–H and O–H groups in total. The normalized spacial score (nSPS) is 15.5. The van der Waals surface area contributed by atoms with Gasteiger partial charge in [-0.1, -0.05) is 55.8 Å². The monoisotopic (exact) mass is 540 g/mol. The summed E-state index contributed by atoms with van der Waals surface area (Å²) in [5, 5.41) is 0.464. The van der Waals surface area contributed by atoms with Crippen LogP contribution in [0.4, 0.5) is 0 Å². The number of carbonyl (C=O) groups is 1. The van der Waals surface area contributed by atoms with Crippen molar-refractivity contribution in [3.63, 3.8) is 0 Å². The number of nitrogens with zero attached hydrogens (tertiary/aromatic N) is 2. The third-order valence-electron chi connectivity index (χ3n) is 6.62. The summed E-state index contributed by atoms with van der Waals surface area (Å²) in [5.41, 5.74) is 1.50. The maximum Gasteiger partial charge on any atom is 0.290 e. The molecule has 1 aromatic heterocycles. The predicted octanol–water partition coefficient (Wildman–Crippen LogP) is 5.87. The Balaban J connectivity index is 1.79. The van der Waals surface area contributed by atoms with Crippen molar-refractivity contribution < 1.29 is 13.9 Å². The van der Waals surface area contributed by atoms with Gasteiger partial charge >= 0.3 is 0 Å². The number of rotatable bonds is 10. The van der Waals surface area contributed by atoms with Gasteiger partial charge in [0.1, 0.15) is 11.3 Å². The summed E-state index contributed by atoms with van der Waals surface area (Å²) < 4.78 is 12.8. The van der Waals surface area contributed by atoms with Crippen LogP contribution < -0.4 is 10.2 Å². The first-order chi connectivity index (χ1) is 16.8. The zero-order chi connectivity index (χ0) is 25.1. The van der Waals surface area contributed by atoms with Crippen molar-refractivity contribution in [1.82, 2.24) is 9.80 Å². The predicted molar refractivity (Wildman–Crippen MR) is 142 cm³/mol. The summed E-state index contributed by atoms with van der Waals surface area (Å²) in [7, 11) is 0. The van der Waals surface area contributed by atoms with Gasteiger partial charge < -0.3 is 19.0 Å². The fourth-order valence-corrected chi connectivity index (χ4v) is 4.91. The first-order valence-corrected chi connectivity index (χ1v) is 13.2. The lowest BCUT2D eigenvalue weighted by atomic mass is 9.98. The molecule has 1 unspecified atom stereocenters. The van der Waals surface area contributed by atoms with E-state index in [1.165, 1.54) is 0 Å². The van der Waals surface area contributed by atoms with Crippen molar-refractivity contribution in [3.8, 4) is 5.75 Å². The first kappa shape index (κ1) is 25.5. The molecule has 6 nitrogen and oxygen atoms in total. The van der Waals surface area contributed by atoms with Crippen molar-refractivity contribution >= 4 is 32.8 Å². The fraction of sp³-hybridized carbons (Fsp3) is 0.429. The Kier molecular flexibility index (Phi) is 7.97. The number of fused-ring (bicyclic) bond motifs is 2. The largest absolute Gasteiger partial charge is 0.494 e. The average Bonchev–Trinajstić information content (AvgIpc) is 3.12. The molecule has 1 aliphatic heterocycles. The van der Waals surface area contributed by atoms with E-state index in [1.807, 2.05) is 30.3 Å². The van der Waals surface area contributed by atoms with Crippen molar-refractivity contribution in [2.45, 2.75) is 40.2 Å². The van der Waals surface area contributed by atoms with E-state index in [9.17, 15) is 9.59 Å². The Morgan fingerprint density at radius 2 is 1.89 bits per heavy atom. The van der Waals surface area contributed by atoms with Crippen molar-refractivity contribution in [2.24, 2.45) is 5.92 Å². The van der Waals surface area contributed by atoms with Gasteiger partial charge in [-0.25, -0.2) is 0 Å². The number of benzene rings is 2. The highest BCUT2D eigenvalue weighted by molar-refractivity contribution is 9.10. The molecular weight excluding hydrogens is 508 g/mol. The van der Waals surface area contributed by atoms with Crippen LogP contribution >= 0.6 is 15.9 Å². The van der Waals surface area contributed by atoms with Crippen LogP contribution in [-0.2, 0) is 0 Å². The highest BCUT2D eigenvalue weighted by Crippen LogP contribution is 2.39. The van der Waals surface area contributed by atoms with Gasteiger partial charge in [-0.3, -0.25) is 9.59 Å². The SMILES string of the molecule is CCN(CC)CCN1C(=O)c2oc3ccc(Br)cc3c(=O)c2C1c1cccc(OCCC(C)C)c1. The maximum atomic E-state index is 13.7. The van der Waals surface area contributed by atoms with Gasteiger partial charge in [0.15, 0.2) is 5.43 Å². The molecule has 1 aliphatic rings. The zero-order valence-electron chi connectivity index (χ0n) is 20.8. The summed E-state index contributed by atoms with van der Waals surface area (Å²) in [6.07, 6.45) is 0.954. The third kappa shape index (κ3) is 5.31. The number of hydrogen-bond donors (Lipinski definition) is 0.